The van der Waals surface area contributed by atoms with Crippen LogP contribution in [0.4, 0.5) is 11.5 Å². The van der Waals surface area contributed by atoms with Crippen LogP contribution in [0, 0.1) is 0 Å². The van der Waals surface area contributed by atoms with Crippen molar-refractivity contribution >= 4 is 46.0 Å². The highest BCUT2D eigenvalue weighted by atomic mass is 35.5. The number of aromatic nitrogens is 2. The summed E-state index contributed by atoms with van der Waals surface area (Å²) in [7, 11) is 1.50. The standard InChI is InChI=1S/C21H21ClN4O4/c1-4-25(13(2)27)20-21(29)26(17-8-6-5-7-16(17)24-20)12-19(28)23-14-9-10-18(30-3)15(22)11-14/h5-11H,4,12H2,1-3H3,(H,23,28). The predicted molar refractivity (Wildman–Crippen MR) is 116 cm³/mol. The van der Waals surface area contributed by atoms with Crippen molar-refractivity contribution in [2.75, 3.05) is 23.9 Å². The third-order valence-electron chi connectivity index (χ3n) is 4.52. The first-order valence-corrected chi connectivity index (χ1v) is 9.64. The number of rotatable bonds is 6. The van der Waals surface area contributed by atoms with Crippen LogP contribution in [0.5, 0.6) is 5.75 Å². The fraction of sp³-hybridized carbons (Fsp3) is 0.238. The Bertz CT molecular complexity index is 1180. The summed E-state index contributed by atoms with van der Waals surface area (Å²) in [5, 5.41) is 3.07. The average Bonchev–Trinajstić information content (AvgIpc) is 2.71. The monoisotopic (exact) mass is 428 g/mol. The SMILES string of the molecule is CCN(C(C)=O)c1nc2ccccc2n(CC(=O)Nc2ccc(OC)c(Cl)c2)c1=O. The maximum absolute atomic E-state index is 13.1. The van der Waals surface area contributed by atoms with Crippen LogP contribution < -0.4 is 20.5 Å². The van der Waals surface area contributed by atoms with E-state index in [-0.39, 0.29) is 24.8 Å². The molecule has 2 aromatic carbocycles. The van der Waals surface area contributed by atoms with E-state index >= 15 is 0 Å². The lowest BCUT2D eigenvalue weighted by atomic mass is 10.2. The maximum Gasteiger partial charge on any atom is 0.294 e. The molecular weight excluding hydrogens is 408 g/mol. The van der Waals surface area contributed by atoms with E-state index in [9.17, 15) is 14.4 Å². The zero-order chi connectivity index (χ0) is 21.8. The summed E-state index contributed by atoms with van der Waals surface area (Å²) in [6.45, 7) is 3.15. The minimum atomic E-state index is -0.520. The zero-order valence-corrected chi connectivity index (χ0v) is 17.6. The predicted octanol–water partition coefficient (Wildman–Crippen LogP) is 3.07. The number of nitrogens with zero attached hydrogens (tertiary/aromatic N) is 3. The van der Waals surface area contributed by atoms with Crippen LogP contribution in [-0.2, 0) is 16.1 Å². The van der Waals surface area contributed by atoms with Crippen LogP contribution in [0.25, 0.3) is 11.0 Å². The van der Waals surface area contributed by atoms with Crippen LogP contribution in [0.2, 0.25) is 5.02 Å². The van der Waals surface area contributed by atoms with Gasteiger partial charge < -0.3 is 10.1 Å². The summed E-state index contributed by atoms with van der Waals surface area (Å²) in [4.78, 5) is 43.4. The number of methoxy groups -OCH3 is 1. The first-order valence-electron chi connectivity index (χ1n) is 9.26. The third-order valence-corrected chi connectivity index (χ3v) is 4.82. The van der Waals surface area contributed by atoms with Crippen LogP contribution >= 0.6 is 11.6 Å². The molecule has 0 atom stereocenters. The number of halogens is 1. The smallest absolute Gasteiger partial charge is 0.294 e. The van der Waals surface area contributed by atoms with Gasteiger partial charge >= 0.3 is 0 Å². The molecule has 0 bridgehead atoms. The Labute approximate surface area is 178 Å². The fourth-order valence-electron chi connectivity index (χ4n) is 3.12. The van der Waals surface area contributed by atoms with Gasteiger partial charge in [0.2, 0.25) is 17.6 Å². The molecule has 0 spiro atoms. The maximum atomic E-state index is 13.1. The molecule has 1 N–H and O–H groups in total. The molecule has 0 unspecified atom stereocenters. The molecule has 30 heavy (non-hydrogen) atoms. The molecule has 0 fully saturated rings. The van der Waals surface area contributed by atoms with E-state index in [4.69, 9.17) is 16.3 Å². The van der Waals surface area contributed by atoms with Gasteiger partial charge in [0.15, 0.2) is 0 Å². The van der Waals surface area contributed by atoms with Gasteiger partial charge in [-0.1, -0.05) is 23.7 Å². The van der Waals surface area contributed by atoms with E-state index in [1.165, 1.54) is 23.5 Å². The molecule has 2 amide bonds. The average molecular weight is 429 g/mol. The molecule has 1 aromatic heterocycles. The van der Waals surface area contributed by atoms with Gasteiger partial charge in [0, 0.05) is 19.2 Å². The van der Waals surface area contributed by atoms with Gasteiger partial charge in [0.1, 0.15) is 12.3 Å². The second-order valence-corrected chi connectivity index (χ2v) is 6.88. The van der Waals surface area contributed by atoms with Crippen molar-refractivity contribution < 1.29 is 14.3 Å². The number of carbonyl (C=O) groups is 2. The Hall–Kier alpha value is -3.39. The van der Waals surface area contributed by atoms with Crippen molar-refractivity contribution in [1.29, 1.82) is 0 Å². The summed E-state index contributed by atoms with van der Waals surface area (Å²) in [5.74, 6) is -0.253. The number of para-hydroxylation sites is 2. The molecule has 3 rings (SSSR count). The topological polar surface area (TPSA) is 93.5 Å². The van der Waals surface area contributed by atoms with E-state index in [0.717, 1.165) is 0 Å². The number of ether oxygens (including phenoxy) is 1. The Morgan fingerprint density at radius 1 is 1.23 bits per heavy atom. The number of fused-ring (bicyclic) bond motifs is 1. The molecule has 0 aliphatic rings. The lowest BCUT2D eigenvalue weighted by Crippen LogP contribution is -2.38. The molecule has 156 valence electrons. The van der Waals surface area contributed by atoms with E-state index in [1.54, 1.807) is 49.4 Å². The minimum Gasteiger partial charge on any atom is -0.495 e. The summed E-state index contributed by atoms with van der Waals surface area (Å²) in [5.41, 5.74) is 0.950. The van der Waals surface area contributed by atoms with Crippen molar-refractivity contribution in [3.8, 4) is 5.75 Å². The Kier molecular flexibility index (Phi) is 6.37. The van der Waals surface area contributed by atoms with Gasteiger partial charge in [-0.05, 0) is 37.3 Å². The van der Waals surface area contributed by atoms with E-state index < -0.39 is 11.5 Å². The van der Waals surface area contributed by atoms with E-state index in [0.29, 0.717) is 27.5 Å². The lowest BCUT2D eigenvalue weighted by Gasteiger charge is -2.19. The highest BCUT2D eigenvalue weighted by molar-refractivity contribution is 6.32. The second kappa shape index (κ2) is 8.96. The number of hydrogen-bond acceptors (Lipinski definition) is 5. The van der Waals surface area contributed by atoms with E-state index in [2.05, 4.69) is 10.3 Å². The first-order chi connectivity index (χ1) is 14.3. The molecule has 0 radical (unpaired) electrons. The number of benzene rings is 2. The molecule has 3 aromatic rings. The van der Waals surface area contributed by atoms with Gasteiger partial charge in [-0.3, -0.25) is 23.9 Å². The van der Waals surface area contributed by atoms with Gasteiger partial charge in [-0.15, -0.1) is 0 Å². The summed E-state index contributed by atoms with van der Waals surface area (Å²) < 4.78 is 6.41. The highest BCUT2D eigenvalue weighted by Gasteiger charge is 2.20. The van der Waals surface area contributed by atoms with Gasteiger partial charge in [0.25, 0.3) is 5.56 Å². The molecular formula is C21H21ClN4O4. The minimum absolute atomic E-state index is 0.0102. The Balaban J connectivity index is 1.99. The highest BCUT2D eigenvalue weighted by Crippen LogP contribution is 2.27. The molecule has 0 saturated heterocycles. The van der Waals surface area contributed by atoms with E-state index in [1.807, 2.05) is 0 Å². The Morgan fingerprint density at radius 2 is 1.97 bits per heavy atom. The molecule has 0 aliphatic heterocycles. The van der Waals surface area contributed by atoms with Crippen molar-refractivity contribution in [3.63, 3.8) is 0 Å². The van der Waals surface area contributed by atoms with Gasteiger partial charge in [-0.25, -0.2) is 4.98 Å². The number of nitrogens with one attached hydrogen (secondary N) is 1. The molecule has 1 heterocycles. The summed E-state index contributed by atoms with van der Waals surface area (Å²) in [6, 6.07) is 11.8. The summed E-state index contributed by atoms with van der Waals surface area (Å²) in [6.07, 6.45) is 0. The van der Waals surface area contributed by atoms with Crippen LogP contribution in [-0.4, -0.2) is 35.0 Å². The van der Waals surface area contributed by atoms with Crippen molar-refractivity contribution in [3.05, 3.63) is 57.8 Å². The quantitative estimate of drug-likeness (QED) is 0.651. The lowest BCUT2D eigenvalue weighted by molar-refractivity contribution is -0.117. The van der Waals surface area contributed by atoms with Crippen LogP contribution in [0.3, 0.4) is 0 Å². The normalized spacial score (nSPS) is 10.7. The number of hydrogen-bond donors (Lipinski definition) is 1. The van der Waals surface area contributed by atoms with Crippen molar-refractivity contribution in [2.45, 2.75) is 20.4 Å². The van der Waals surface area contributed by atoms with Crippen LogP contribution in [0.15, 0.2) is 47.3 Å². The second-order valence-electron chi connectivity index (χ2n) is 6.48. The Morgan fingerprint density at radius 3 is 2.60 bits per heavy atom. The number of anilines is 2. The summed E-state index contributed by atoms with van der Waals surface area (Å²) >= 11 is 6.10. The molecule has 8 nitrogen and oxygen atoms in total. The number of amides is 2. The largest absolute Gasteiger partial charge is 0.495 e. The fourth-order valence-corrected chi connectivity index (χ4v) is 3.38. The van der Waals surface area contributed by atoms with Gasteiger partial charge in [-0.2, -0.15) is 0 Å². The first kappa shape index (κ1) is 21.3. The van der Waals surface area contributed by atoms with Crippen molar-refractivity contribution in [1.82, 2.24) is 9.55 Å². The number of carbonyl (C=O) groups excluding carboxylic acids is 2. The van der Waals surface area contributed by atoms with Crippen LogP contribution in [0.1, 0.15) is 13.8 Å². The molecule has 0 saturated carbocycles. The van der Waals surface area contributed by atoms with Crippen molar-refractivity contribution in [2.24, 2.45) is 0 Å². The molecule has 0 aliphatic carbocycles. The van der Waals surface area contributed by atoms with Gasteiger partial charge in [0.05, 0.1) is 23.2 Å². The third kappa shape index (κ3) is 4.28. The molecule has 9 heteroatoms. The zero-order valence-electron chi connectivity index (χ0n) is 16.8.